The van der Waals surface area contributed by atoms with Crippen LogP contribution in [0.2, 0.25) is 0 Å². The van der Waals surface area contributed by atoms with Gasteiger partial charge in [0.1, 0.15) is 5.60 Å². The maximum atomic E-state index is 11.9. The molecular formula is C25H30N4O2. The lowest BCUT2D eigenvalue weighted by Crippen LogP contribution is -2.44. The minimum atomic E-state index is -1.01. The first-order chi connectivity index (χ1) is 15.0. The number of guanidine groups is 1. The second-order valence-electron chi connectivity index (χ2n) is 7.67. The molecule has 0 aliphatic rings. The van der Waals surface area contributed by atoms with E-state index >= 15 is 0 Å². The third kappa shape index (κ3) is 6.55. The highest BCUT2D eigenvalue weighted by Crippen LogP contribution is 2.18. The highest BCUT2D eigenvalue weighted by atomic mass is 16.3. The summed E-state index contributed by atoms with van der Waals surface area (Å²) in [6, 6.07) is 22.8. The number of aliphatic hydroxyl groups is 1. The van der Waals surface area contributed by atoms with Crippen molar-refractivity contribution >= 4 is 5.96 Å². The maximum absolute atomic E-state index is 11.9. The minimum Gasteiger partial charge on any atom is -0.384 e. The van der Waals surface area contributed by atoms with E-state index in [0.717, 1.165) is 23.2 Å². The van der Waals surface area contributed by atoms with E-state index in [-0.39, 0.29) is 5.56 Å². The van der Waals surface area contributed by atoms with Crippen molar-refractivity contribution in [2.24, 2.45) is 4.99 Å². The van der Waals surface area contributed by atoms with Gasteiger partial charge in [-0.3, -0.25) is 4.79 Å². The Hall–Kier alpha value is -3.38. The molecule has 0 saturated carbocycles. The Balaban J connectivity index is 1.61. The zero-order valence-corrected chi connectivity index (χ0v) is 18.1. The van der Waals surface area contributed by atoms with Crippen LogP contribution in [0.15, 0.2) is 88.8 Å². The van der Waals surface area contributed by atoms with E-state index in [1.807, 2.05) is 67.6 Å². The van der Waals surface area contributed by atoms with E-state index < -0.39 is 5.60 Å². The molecule has 3 N–H and O–H groups in total. The smallest absolute Gasteiger partial charge is 0.250 e. The molecule has 162 valence electrons. The van der Waals surface area contributed by atoms with Gasteiger partial charge in [0.05, 0.1) is 19.6 Å². The van der Waals surface area contributed by atoms with Crippen molar-refractivity contribution in [2.45, 2.75) is 32.5 Å². The molecule has 3 rings (SSSR count). The monoisotopic (exact) mass is 418 g/mol. The van der Waals surface area contributed by atoms with Gasteiger partial charge in [0.2, 0.25) is 0 Å². The summed E-state index contributed by atoms with van der Waals surface area (Å²) >= 11 is 0. The van der Waals surface area contributed by atoms with E-state index in [1.165, 1.54) is 0 Å². The first-order valence-electron chi connectivity index (χ1n) is 10.5. The number of nitrogens with one attached hydrogen (secondary N) is 2. The van der Waals surface area contributed by atoms with E-state index in [9.17, 15) is 9.90 Å². The Bertz CT molecular complexity index is 1040. The number of aromatic nitrogens is 1. The minimum absolute atomic E-state index is 0.0103. The van der Waals surface area contributed by atoms with Crippen LogP contribution in [-0.4, -0.2) is 28.7 Å². The summed E-state index contributed by atoms with van der Waals surface area (Å²) in [6.45, 7) is 5.91. The van der Waals surface area contributed by atoms with Crippen LogP contribution in [0.4, 0.5) is 0 Å². The zero-order chi connectivity index (χ0) is 22.1. The molecule has 1 atom stereocenters. The van der Waals surface area contributed by atoms with E-state index in [4.69, 9.17) is 0 Å². The van der Waals surface area contributed by atoms with E-state index in [1.54, 1.807) is 29.8 Å². The number of nitrogens with zero attached hydrogens (tertiary/aromatic N) is 2. The second-order valence-corrected chi connectivity index (χ2v) is 7.67. The summed E-state index contributed by atoms with van der Waals surface area (Å²) in [6.07, 6.45) is 1.79. The van der Waals surface area contributed by atoms with Gasteiger partial charge in [-0.25, -0.2) is 4.99 Å². The molecule has 31 heavy (non-hydrogen) atoms. The molecule has 0 aliphatic heterocycles. The molecule has 0 radical (unpaired) electrons. The van der Waals surface area contributed by atoms with Crippen molar-refractivity contribution in [2.75, 3.05) is 13.1 Å². The first-order valence-corrected chi connectivity index (χ1v) is 10.5. The van der Waals surface area contributed by atoms with Crippen molar-refractivity contribution in [1.82, 2.24) is 15.2 Å². The number of rotatable bonds is 8. The molecule has 2 aromatic carbocycles. The van der Waals surface area contributed by atoms with Crippen LogP contribution in [0.1, 0.15) is 30.5 Å². The second kappa shape index (κ2) is 10.6. The number of pyridine rings is 1. The molecule has 0 fully saturated rings. The Morgan fingerprint density at radius 1 is 0.968 bits per heavy atom. The van der Waals surface area contributed by atoms with Crippen molar-refractivity contribution in [3.63, 3.8) is 0 Å². The van der Waals surface area contributed by atoms with Crippen LogP contribution < -0.4 is 16.2 Å². The van der Waals surface area contributed by atoms with Crippen LogP contribution in [0.25, 0.3) is 0 Å². The van der Waals surface area contributed by atoms with Gasteiger partial charge in [-0.1, -0.05) is 60.7 Å². The van der Waals surface area contributed by atoms with E-state index in [0.29, 0.717) is 25.6 Å². The molecule has 0 bridgehead atoms. The largest absolute Gasteiger partial charge is 0.384 e. The van der Waals surface area contributed by atoms with Gasteiger partial charge in [0, 0.05) is 18.8 Å². The molecule has 3 aromatic rings. The van der Waals surface area contributed by atoms with Crippen LogP contribution >= 0.6 is 0 Å². The summed E-state index contributed by atoms with van der Waals surface area (Å²) in [5.41, 5.74) is 1.96. The summed E-state index contributed by atoms with van der Waals surface area (Å²) < 4.78 is 1.68. The predicted molar refractivity (Wildman–Crippen MR) is 125 cm³/mol. The standard InChI is InChI=1S/C25H30N4O2/c1-3-26-24(28-19-25(2,31)22-9-5-4-6-10-22)27-17-20-12-14-21(15-13-20)18-29-16-8-7-11-23(29)30/h4-16,31H,3,17-19H2,1-2H3,(H2,26,27,28). The quantitative estimate of drug-likeness (QED) is 0.388. The van der Waals surface area contributed by atoms with Crippen molar-refractivity contribution in [1.29, 1.82) is 0 Å². The van der Waals surface area contributed by atoms with Crippen LogP contribution in [-0.2, 0) is 18.7 Å². The Morgan fingerprint density at radius 2 is 1.65 bits per heavy atom. The van der Waals surface area contributed by atoms with E-state index in [2.05, 4.69) is 15.6 Å². The topological polar surface area (TPSA) is 78.7 Å². The van der Waals surface area contributed by atoms with Crippen LogP contribution in [0.3, 0.4) is 0 Å². The summed E-state index contributed by atoms with van der Waals surface area (Å²) in [5.74, 6) is 0.652. The van der Waals surface area contributed by atoms with Gasteiger partial charge >= 0.3 is 0 Å². The van der Waals surface area contributed by atoms with Gasteiger partial charge in [0.15, 0.2) is 5.96 Å². The molecule has 0 saturated heterocycles. The summed E-state index contributed by atoms with van der Waals surface area (Å²) in [5, 5.41) is 17.2. The van der Waals surface area contributed by atoms with Crippen LogP contribution in [0.5, 0.6) is 0 Å². The summed E-state index contributed by atoms with van der Waals surface area (Å²) in [4.78, 5) is 16.5. The molecule has 0 amide bonds. The SMILES string of the molecule is CCNC(=NCc1ccc(Cn2ccccc2=O)cc1)NCC(C)(O)c1ccccc1. The van der Waals surface area contributed by atoms with Gasteiger partial charge < -0.3 is 20.3 Å². The molecule has 1 unspecified atom stereocenters. The molecule has 6 heteroatoms. The maximum Gasteiger partial charge on any atom is 0.250 e. The lowest BCUT2D eigenvalue weighted by atomic mass is 9.96. The predicted octanol–water partition coefficient (Wildman–Crippen LogP) is 2.86. The normalized spacial score (nSPS) is 13.5. The Morgan fingerprint density at radius 3 is 2.32 bits per heavy atom. The molecule has 1 aromatic heterocycles. The average molecular weight is 419 g/mol. The lowest BCUT2D eigenvalue weighted by molar-refractivity contribution is 0.0617. The van der Waals surface area contributed by atoms with Crippen molar-refractivity contribution in [3.8, 4) is 0 Å². The molecule has 0 spiro atoms. The Kier molecular flexibility index (Phi) is 7.62. The fourth-order valence-corrected chi connectivity index (χ4v) is 3.21. The number of benzene rings is 2. The number of hydrogen-bond donors (Lipinski definition) is 3. The third-order valence-electron chi connectivity index (χ3n) is 5.03. The van der Waals surface area contributed by atoms with Crippen molar-refractivity contribution < 1.29 is 5.11 Å². The molecular weight excluding hydrogens is 388 g/mol. The van der Waals surface area contributed by atoms with Crippen molar-refractivity contribution in [3.05, 3.63) is 106 Å². The fraction of sp³-hybridized carbons (Fsp3) is 0.280. The zero-order valence-electron chi connectivity index (χ0n) is 18.1. The molecule has 0 aliphatic carbocycles. The highest BCUT2D eigenvalue weighted by Gasteiger charge is 2.22. The number of hydrogen-bond acceptors (Lipinski definition) is 3. The molecule has 6 nitrogen and oxygen atoms in total. The van der Waals surface area contributed by atoms with Gasteiger partial charge in [-0.05, 0) is 36.6 Å². The highest BCUT2D eigenvalue weighted by molar-refractivity contribution is 5.79. The average Bonchev–Trinajstić information content (AvgIpc) is 2.79. The number of aliphatic imine (C=N–C) groups is 1. The Labute approximate surface area is 183 Å². The lowest BCUT2D eigenvalue weighted by Gasteiger charge is -2.25. The van der Waals surface area contributed by atoms with Gasteiger partial charge in [0.25, 0.3) is 5.56 Å². The van der Waals surface area contributed by atoms with Gasteiger partial charge in [-0.2, -0.15) is 0 Å². The summed E-state index contributed by atoms with van der Waals surface area (Å²) in [7, 11) is 0. The molecule has 1 heterocycles. The fourth-order valence-electron chi connectivity index (χ4n) is 3.21. The first kappa shape index (κ1) is 22.3. The van der Waals surface area contributed by atoms with Gasteiger partial charge in [-0.15, -0.1) is 0 Å². The van der Waals surface area contributed by atoms with Crippen LogP contribution in [0, 0.1) is 0 Å². The third-order valence-corrected chi connectivity index (χ3v) is 5.03.